The number of methoxy groups -OCH3 is 1. The summed E-state index contributed by atoms with van der Waals surface area (Å²) in [5.41, 5.74) is 1.42. The van der Waals surface area contributed by atoms with Crippen LogP contribution in [0.5, 0.6) is 0 Å². The summed E-state index contributed by atoms with van der Waals surface area (Å²) in [6, 6.07) is 9.26. The molecule has 1 aromatic rings. The number of rotatable bonds is 9. The van der Waals surface area contributed by atoms with Crippen LogP contribution in [-0.4, -0.2) is 26.3 Å². The Bertz CT molecular complexity index is 337. The van der Waals surface area contributed by atoms with Crippen LogP contribution in [0, 0.1) is 0 Å². The molecule has 1 rings (SSSR count). The quantitative estimate of drug-likeness (QED) is 0.681. The molecule has 0 bridgehead atoms. The van der Waals surface area contributed by atoms with Gasteiger partial charge in [-0.1, -0.05) is 48.3 Å². The number of unbranched alkanes of at least 4 members (excludes halogenated alkanes) is 1. The lowest BCUT2D eigenvalue weighted by Crippen LogP contribution is -2.28. The van der Waals surface area contributed by atoms with E-state index < -0.39 is 0 Å². The van der Waals surface area contributed by atoms with Gasteiger partial charge in [0.05, 0.1) is 0 Å². The van der Waals surface area contributed by atoms with E-state index in [1.165, 1.54) is 18.4 Å². The van der Waals surface area contributed by atoms with Gasteiger partial charge >= 0.3 is 0 Å². The Kier molecular flexibility index (Phi) is 8.35. The van der Waals surface area contributed by atoms with E-state index in [-0.39, 0.29) is 0 Å². The van der Waals surface area contributed by atoms with Gasteiger partial charge in [0.25, 0.3) is 0 Å². The van der Waals surface area contributed by atoms with Crippen molar-refractivity contribution in [3.8, 4) is 0 Å². The summed E-state index contributed by atoms with van der Waals surface area (Å²) in [6.45, 7) is 6.31. The van der Waals surface area contributed by atoms with Gasteiger partial charge in [-0.2, -0.15) is 0 Å². The molecule has 0 fully saturated rings. The average molecular weight is 328 g/mol. The normalized spacial score (nSPS) is 12.9. The Morgan fingerprint density at radius 2 is 1.84 bits per heavy atom. The first-order chi connectivity index (χ1) is 9.13. The lowest BCUT2D eigenvalue weighted by Gasteiger charge is -2.20. The number of nitrogens with one attached hydrogen (secondary N) is 1. The van der Waals surface area contributed by atoms with Gasteiger partial charge in [-0.3, -0.25) is 0 Å². The lowest BCUT2D eigenvalue weighted by atomic mass is 9.93. The van der Waals surface area contributed by atoms with Gasteiger partial charge in [0.2, 0.25) is 0 Å². The molecule has 108 valence electrons. The van der Waals surface area contributed by atoms with Crippen molar-refractivity contribution in [2.75, 3.05) is 20.3 Å². The summed E-state index contributed by atoms with van der Waals surface area (Å²) < 4.78 is 6.27. The highest BCUT2D eigenvalue weighted by Crippen LogP contribution is 2.23. The van der Waals surface area contributed by atoms with Crippen molar-refractivity contribution in [3.63, 3.8) is 0 Å². The van der Waals surface area contributed by atoms with Crippen LogP contribution in [0.15, 0.2) is 28.7 Å². The van der Waals surface area contributed by atoms with Crippen LogP contribution < -0.4 is 5.32 Å². The second-order valence-corrected chi connectivity index (χ2v) is 6.22. The van der Waals surface area contributed by atoms with Crippen molar-refractivity contribution < 1.29 is 4.74 Å². The predicted molar refractivity (Wildman–Crippen MR) is 85.7 cm³/mol. The predicted octanol–water partition coefficient (Wildman–Crippen LogP) is 4.35. The maximum Gasteiger partial charge on any atom is 0.0462 e. The highest BCUT2D eigenvalue weighted by Gasteiger charge is 2.11. The van der Waals surface area contributed by atoms with Crippen molar-refractivity contribution in [1.29, 1.82) is 0 Å². The molecule has 0 aliphatic heterocycles. The van der Waals surface area contributed by atoms with Gasteiger partial charge in [-0.15, -0.1) is 0 Å². The molecule has 1 N–H and O–H groups in total. The Balaban J connectivity index is 2.54. The third-order valence-electron chi connectivity index (χ3n) is 3.26. The number of halogens is 1. The Labute approximate surface area is 126 Å². The minimum Gasteiger partial charge on any atom is -0.385 e. The van der Waals surface area contributed by atoms with Gasteiger partial charge in [0.1, 0.15) is 0 Å². The van der Waals surface area contributed by atoms with Gasteiger partial charge in [0, 0.05) is 30.8 Å². The fourth-order valence-electron chi connectivity index (χ4n) is 2.14. The van der Waals surface area contributed by atoms with Gasteiger partial charge in [-0.25, -0.2) is 0 Å². The van der Waals surface area contributed by atoms with Crippen molar-refractivity contribution >= 4 is 15.9 Å². The first kappa shape index (κ1) is 16.7. The Hall–Kier alpha value is -0.380. The molecule has 1 unspecified atom stereocenters. The summed E-state index contributed by atoms with van der Waals surface area (Å²) >= 11 is 3.50. The molecule has 0 aliphatic rings. The van der Waals surface area contributed by atoms with Crippen molar-refractivity contribution in [2.24, 2.45) is 0 Å². The zero-order chi connectivity index (χ0) is 14.1. The lowest BCUT2D eigenvalue weighted by molar-refractivity contribution is 0.191. The summed E-state index contributed by atoms with van der Waals surface area (Å²) in [5.74, 6) is 0.590. The largest absolute Gasteiger partial charge is 0.385 e. The van der Waals surface area contributed by atoms with E-state index in [1.54, 1.807) is 7.11 Å². The van der Waals surface area contributed by atoms with Crippen LogP contribution in [0.2, 0.25) is 0 Å². The topological polar surface area (TPSA) is 21.3 Å². The highest BCUT2D eigenvalue weighted by atomic mass is 79.9. The number of ether oxygens (including phenoxy) is 1. The van der Waals surface area contributed by atoms with E-state index in [9.17, 15) is 0 Å². The summed E-state index contributed by atoms with van der Waals surface area (Å²) in [6.07, 6.45) is 3.57. The summed E-state index contributed by atoms with van der Waals surface area (Å²) in [7, 11) is 1.77. The van der Waals surface area contributed by atoms with Crippen molar-refractivity contribution in [3.05, 3.63) is 34.3 Å². The monoisotopic (exact) mass is 327 g/mol. The van der Waals surface area contributed by atoms with Crippen LogP contribution in [0.3, 0.4) is 0 Å². The van der Waals surface area contributed by atoms with Crippen LogP contribution in [-0.2, 0) is 4.74 Å². The zero-order valence-corrected chi connectivity index (χ0v) is 13.9. The van der Waals surface area contributed by atoms with E-state index in [2.05, 4.69) is 59.4 Å². The van der Waals surface area contributed by atoms with E-state index in [0.29, 0.717) is 12.0 Å². The van der Waals surface area contributed by atoms with Gasteiger partial charge in [-0.05, 0) is 36.5 Å². The van der Waals surface area contributed by atoms with Crippen LogP contribution in [0.25, 0.3) is 0 Å². The summed E-state index contributed by atoms with van der Waals surface area (Å²) in [4.78, 5) is 0. The number of benzene rings is 1. The summed E-state index contributed by atoms with van der Waals surface area (Å²) in [5, 5.41) is 3.56. The third kappa shape index (κ3) is 7.09. The molecular formula is C16H26BrNO. The third-order valence-corrected chi connectivity index (χ3v) is 3.79. The molecule has 0 aliphatic carbocycles. The molecule has 0 heterocycles. The van der Waals surface area contributed by atoms with E-state index in [4.69, 9.17) is 4.74 Å². The van der Waals surface area contributed by atoms with Gasteiger partial charge in [0.15, 0.2) is 0 Å². The second-order valence-electron chi connectivity index (χ2n) is 5.30. The molecule has 0 aromatic heterocycles. The maximum atomic E-state index is 5.12. The highest BCUT2D eigenvalue weighted by molar-refractivity contribution is 9.10. The SMILES string of the molecule is COCCCCC(CNC(C)C)c1ccc(Br)cc1. The van der Waals surface area contributed by atoms with Crippen LogP contribution in [0.1, 0.15) is 44.6 Å². The fraction of sp³-hybridized carbons (Fsp3) is 0.625. The van der Waals surface area contributed by atoms with E-state index in [0.717, 1.165) is 24.0 Å². The fourth-order valence-corrected chi connectivity index (χ4v) is 2.40. The first-order valence-corrected chi connectivity index (χ1v) is 7.90. The van der Waals surface area contributed by atoms with Gasteiger partial charge < -0.3 is 10.1 Å². The molecule has 0 saturated heterocycles. The average Bonchev–Trinajstić information content (AvgIpc) is 2.39. The van der Waals surface area contributed by atoms with E-state index >= 15 is 0 Å². The number of hydrogen-bond donors (Lipinski definition) is 1. The minimum atomic E-state index is 0.539. The van der Waals surface area contributed by atoms with Crippen molar-refractivity contribution in [1.82, 2.24) is 5.32 Å². The molecular weight excluding hydrogens is 302 g/mol. The molecule has 0 spiro atoms. The molecule has 2 nitrogen and oxygen atoms in total. The Morgan fingerprint density at radius 3 is 2.42 bits per heavy atom. The minimum absolute atomic E-state index is 0.539. The smallest absolute Gasteiger partial charge is 0.0462 e. The van der Waals surface area contributed by atoms with Crippen LogP contribution in [0.4, 0.5) is 0 Å². The van der Waals surface area contributed by atoms with Crippen LogP contribution >= 0.6 is 15.9 Å². The standard InChI is InChI=1S/C16H26BrNO/c1-13(2)18-12-15(6-4-5-11-19-3)14-7-9-16(17)10-8-14/h7-10,13,15,18H,4-6,11-12H2,1-3H3. The molecule has 19 heavy (non-hydrogen) atoms. The molecule has 0 saturated carbocycles. The maximum absolute atomic E-state index is 5.12. The molecule has 1 aromatic carbocycles. The first-order valence-electron chi connectivity index (χ1n) is 7.11. The zero-order valence-electron chi connectivity index (χ0n) is 12.3. The Morgan fingerprint density at radius 1 is 1.16 bits per heavy atom. The number of hydrogen-bond acceptors (Lipinski definition) is 2. The molecule has 0 radical (unpaired) electrons. The van der Waals surface area contributed by atoms with Crippen molar-refractivity contribution in [2.45, 2.75) is 45.1 Å². The molecule has 0 amide bonds. The molecule has 1 atom stereocenters. The second kappa shape index (κ2) is 9.51. The molecule has 3 heteroatoms. The van der Waals surface area contributed by atoms with E-state index in [1.807, 2.05) is 0 Å².